The summed E-state index contributed by atoms with van der Waals surface area (Å²) in [6.07, 6.45) is -0.0182. The van der Waals surface area contributed by atoms with Crippen LogP contribution >= 0.6 is 0 Å². The molecule has 19 heavy (non-hydrogen) atoms. The molecule has 0 aliphatic carbocycles. The Balaban J connectivity index is 2.23. The van der Waals surface area contributed by atoms with Gasteiger partial charge >= 0.3 is 12.1 Å². The van der Waals surface area contributed by atoms with E-state index < -0.39 is 22.7 Å². The van der Waals surface area contributed by atoms with Gasteiger partial charge in [0.1, 0.15) is 13.1 Å². The van der Waals surface area contributed by atoms with Crippen LogP contribution in [0.1, 0.15) is 18.4 Å². The Morgan fingerprint density at radius 2 is 1.95 bits per heavy atom. The Morgan fingerprint density at radius 3 is 2.53 bits per heavy atom. The van der Waals surface area contributed by atoms with E-state index in [4.69, 9.17) is 5.11 Å². The molecule has 2 atom stereocenters. The molecular weight excluding hydrogens is 248 g/mol. The number of amides is 1. The number of aliphatic carboxylic acids is 1. The van der Waals surface area contributed by atoms with Crippen LogP contribution in [0.15, 0.2) is 30.3 Å². The first-order valence-corrected chi connectivity index (χ1v) is 6.18. The highest BCUT2D eigenvalue weighted by Gasteiger charge is 2.44. The van der Waals surface area contributed by atoms with E-state index in [1.54, 1.807) is 0 Å². The van der Waals surface area contributed by atoms with Gasteiger partial charge in [0.2, 0.25) is 0 Å². The fraction of sp³-hybridized carbons (Fsp3) is 0.385. The lowest BCUT2D eigenvalue weighted by molar-refractivity contribution is -0.921. The van der Waals surface area contributed by atoms with Gasteiger partial charge in [0.25, 0.3) is 0 Å². The van der Waals surface area contributed by atoms with Crippen LogP contribution in [0.2, 0.25) is 0 Å². The van der Waals surface area contributed by atoms with E-state index in [-0.39, 0.29) is 6.54 Å². The summed E-state index contributed by atoms with van der Waals surface area (Å²) in [4.78, 5) is 22.6. The molecule has 2 rings (SSSR count). The topological polar surface area (TPSA) is 86.6 Å². The lowest BCUT2D eigenvalue weighted by Crippen LogP contribution is -2.68. The van der Waals surface area contributed by atoms with E-state index >= 15 is 0 Å². The average molecular weight is 265 g/mol. The van der Waals surface area contributed by atoms with Crippen LogP contribution in [0.4, 0.5) is 4.79 Å². The molecule has 1 saturated heterocycles. The van der Waals surface area contributed by atoms with Gasteiger partial charge < -0.3 is 10.2 Å². The fourth-order valence-electron chi connectivity index (χ4n) is 2.41. The summed E-state index contributed by atoms with van der Waals surface area (Å²) in [7, 11) is 0. The molecule has 6 heteroatoms. The molecule has 1 aliphatic heterocycles. The summed E-state index contributed by atoms with van der Waals surface area (Å²) < 4.78 is -0.430. The van der Waals surface area contributed by atoms with Crippen LogP contribution in [-0.2, 0) is 11.3 Å². The maximum Gasteiger partial charge on any atom is 0.533 e. The van der Waals surface area contributed by atoms with Gasteiger partial charge in [-0.1, -0.05) is 30.3 Å². The number of carboxylic acids is 1. The number of hydrogen-bond donors (Lipinski definition) is 3. The van der Waals surface area contributed by atoms with Crippen LogP contribution in [0.25, 0.3) is 0 Å². The second-order valence-corrected chi connectivity index (χ2v) is 4.78. The highest BCUT2D eigenvalue weighted by atomic mass is 16.4. The van der Waals surface area contributed by atoms with E-state index in [9.17, 15) is 14.7 Å². The third-order valence-corrected chi connectivity index (χ3v) is 3.40. The molecule has 0 aromatic heterocycles. The van der Waals surface area contributed by atoms with Gasteiger partial charge in [0, 0.05) is 12.0 Å². The number of hydrogen-bond acceptors (Lipinski definition) is 3. The SMILES string of the molecule is O=C(O)C1CCC[N@+](Cc2ccccc2)(C(=O)O)N1. The van der Waals surface area contributed by atoms with Crippen molar-refractivity contribution in [3.05, 3.63) is 35.9 Å². The van der Waals surface area contributed by atoms with E-state index in [2.05, 4.69) is 5.43 Å². The zero-order chi connectivity index (χ0) is 13.9. The van der Waals surface area contributed by atoms with Crippen molar-refractivity contribution in [3.63, 3.8) is 0 Å². The Kier molecular flexibility index (Phi) is 3.82. The summed E-state index contributed by atoms with van der Waals surface area (Å²) in [6, 6.07) is 8.41. The Bertz CT molecular complexity index is 477. The molecule has 1 heterocycles. The molecule has 1 unspecified atom stereocenters. The summed E-state index contributed by atoms with van der Waals surface area (Å²) in [5, 5.41) is 18.5. The van der Waals surface area contributed by atoms with Gasteiger partial charge in [-0.15, -0.1) is 10.0 Å². The molecule has 3 N–H and O–H groups in total. The predicted molar refractivity (Wildman–Crippen MR) is 67.1 cm³/mol. The molecular formula is C13H17N2O4+. The number of carbonyl (C=O) groups is 2. The van der Waals surface area contributed by atoms with Gasteiger partial charge in [-0.3, -0.25) is 4.79 Å². The van der Waals surface area contributed by atoms with Crippen LogP contribution in [0.3, 0.4) is 0 Å². The fourth-order valence-corrected chi connectivity index (χ4v) is 2.41. The molecule has 1 aromatic carbocycles. The van der Waals surface area contributed by atoms with Gasteiger partial charge in [0.05, 0.1) is 0 Å². The summed E-state index contributed by atoms with van der Waals surface area (Å²) >= 11 is 0. The Hall–Kier alpha value is -1.92. The second kappa shape index (κ2) is 5.38. The third kappa shape index (κ3) is 2.91. The summed E-state index contributed by atoms with van der Waals surface area (Å²) in [6.45, 7) is 0.619. The summed E-state index contributed by atoms with van der Waals surface area (Å²) in [5.41, 5.74) is 3.62. The first kappa shape index (κ1) is 13.5. The van der Waals surface area contributed by atoms with Crippen molar-refractivity contribution >= 4 is 12.1 Å². The number of rotatable bonds is 3. The zero-order valence-corrected chi connectivity index (χ0v) is 10.5. The molecule has 1 amide bonds. The highest BCUT2D eigenvalue weighted by molar-refractivity contribution is 5.73. The van der Waals surface area contributed by atoms with Crippen molar-refractivity contribution in [2.24, 2.45) is 0 Å². The number of benzene rings is 1. The Labute approximate surface area is 110 Å². The van der Waals surface area contributed by atoms with Crippen molar-refractivity contribution in [3.8, 4) is 0 Å². The van der Waals surface area contributed by atoms with E-state index in [1.807, 2.05) is 30.3 Å². The maximum absolute atomic E-state index is 11.6. The Morgan fingerprint density at radius 1 is 1.26 bits per heavy atom. The molecule has 0 radical (unpaired) electrons. The summed E-state index contributed by atoms with van der Waals surface area (Å²) in [5.74, 6) is -1.00. The van der Waals surface area contributed by atoms with Crippen LogP contribution in [0.5, 0.6) is 0 Å². The van der Waals surface area contributed by atoms with Crippen LogP contribution in [-0.4, -0.2) is 39.5 Å². The number of nitrogens with one attached hydrogen (secondary N) is 1. The molecule has 1 aliphatic rings. The first-order valence-electron chi connectivity index (χ1n) is 6.18. The normalized spacial score (nSPS) is 26.8. The first-order chi connectivity index (χ1) is 9.03. The minimum atomic E-state index is -1.05. The monoisotopic (exact) mass is 265 g/mol. The lowest BCUT2D eigenvalue weighted by atomic mass is 10.1. The standard InChI is InChI=1S/C13H16N2O4/c16-12(17)11-7-4-8-15(14-11,13(18)19)9-10-5-2-1-3-6-10/h1-3,5-6,11,14H,4,7-9H2,(H-,16,17,18,19)/p+1/t11?,15-/m0/s1. The molecule has 6 nitrogen and oxygen atoms in total. The molecule has 102 valence electrons. The number of quaternary nitrogens is 1. The van der Waals surface area contributed by atoms with Crippen molar-refractivity contribution in [1.82, 2.24) is 5.43 Å². The molecule has 0 spiro atoms. The van der Waals surface area contributed by atoms with Crippen molar-refractivity contribution in [2.45, 2.75) is 25.4 Å². The van der Waals surface area contributed by atoms with Gasteiger partial charge in [-0.2, -0.15) is 4.79 Å². The number of nitrogens with zero attached hydrogens (tertiary/aromatic N) is 1. The van der Waals surface area contributed by atoms with E-state index in [1.165, 1.54) is 0 Å². The smallest absolute Gasteiger partial charge is 0.480 e. The largest absolute Gasteiger partial charge is 0.533 e. The van der Waals surface area contributed by atoms with Crippen molar-refractivity contribution in [1.29, 1.82) is 0 Å². The van der Waals surface area contributed by atoms with Gasteiger partial charge in [-0.05, 0) is 6.42 Å². The van der Waals surface area contributed by atoms with Crippen LogP contribution in [0, 0.1) is 0 Å². The maximum atomic E-state index is 11.6. The quantitative estimate of drug-likeness (QED) is 0.720. The number of carboxylic acid groups (broad SMARTS) is 2. The molecule has 0 bridgehead atoms. The average Bonchev–Trinajstić information content (AvgIpc) is 2.40. The molecule has 1 fully saturated rings. The molecule has 0 saturated carbocycles. The van der Waals surface area contributed by atoms with Crippen molar-refractivity contribution < 1.29 is 24.4 Å². The minimum absolute atomic E-state index is 0.236. The second-order valence-electron chi connectivity index (χ2n) is 4.78. The van der Waals surface area contributed by atoms with Crippen LogP contribution < -0.4 is 5.43 Å². The minimum Gasteiger partial charge on any atom is -0.480 e. The predicted octanol–water partition coefficient (Wildman–Crippen LogP) is 1.43. The van der Waals surface area contributed by atoms with Crippen molar-refractivity contribution in [2.75, 3.05) is 6.54 Å². The highest BCUT2D eigenvalue weighted by Crippen LogP contribution is 2.20. The van der Waals surface area contributed by atoms with Gasteiger partial charge in [-0.25, -0.2) is 0 Å². The van der Waals surface area contributed by atoms with E-state index in [0.717, 1.165) is 5.56 Å². The zero-order valence-electron chi connectivity index (χ0n) is 10.5. The molecule has 1 aromatic rings. The third-order valence-electron chi connectivity index (χ3n) is 3.40. The lowest BCUT2D eigenvalue weighted by Gasteiger charge is -2.38. The van der Waals surface area contributed by atoms with E-state index in [0.29, 0.717) is 19.4 Å². The van der Waals surface area contributed by atoms with Gasteiger partial charge in [0.15, 0.2) is 6.04 Å².